The number of benzene rings is 2. The standard InChI is InChI=1S/C31H34ClFN6O3.C29H32ClFN6O2/c1-20-16-27(39(19-20)30(42)38-28-7-5-24(32)18-35-28)29(41)37-26-17-23(4-6-25(26)33)31(36-14-15-40,11-8-21-2-3-21)22-9-12-34-13-10-22;1-18-14-25(37(17-18)28(39)36-26-7-5-22(30)16-34-26)27(38)35-24-15-21(4-6-23(24)31)29(32,11-8-19-2-3-19)20-9-12-33-13-10-20/h4-7,9-10,12-13,15,17-18,20-21,27,36H,2-3,8,11,14,16,19H2,1H3,(H,37,41)(H,35,38,42);4-7,9-10,12-13,15-16,18-19,25H,2-3,8,11,14,17,32H2,1H3,(H,35,38)(H,34,36,39)/t20-,27-,31?;18-,25-,29?/m11/s1. The van der Waals surface area contributed by atoms with Gasteiger partial charge in [0.1, 0.15) is 41.6 Å². The molecule has 17 nitrogen and oxygen atoms in total. The van der Waals surface area contributed by atoms with Gasteiger partial charge < -0.3 is 31.0 Å². The summed E-state index contributed by atoms with van der Waals surface area (Å²) in [5, 5.41) is 15.2. The molecule has 0 bridgehead atoms. The Hall–Kier alpha value is -7.45. The van der Waals surface area contributed by atoms with E-state index < -0.39 is 58.7 Å². The lowest BCUT2D eigenvalue weighted by Gasteiger charge is -2.36. The Morgan fingerprint density at radius 1 is 0.617 bits per heavy atom. The molecular weight excluding hydrogens is 1080 g/mol. The smallest absolute Gasteiger partial charge is 0.322 e. The number of halogens is 4. The largest absolute Gasteiger partial charge is 0.323 e. The Labute approximate surface area is 479 Å². The molecule has 7 N–H and O–H groups in total. The Bertz CT molecular complexity index is 3180. The van der Waals surface area contributed by atoms with Crippen LogP contribution < -0.4 is 32.3 Å². The van der Waals surface area contributed by atoms with E-state index in [-0.39, 0.29) is 29.8 Å². The van der Waals surface area contributed by atoms with E-state index in [1.165, 1.54) is 60.0 Å². The van der Waals surface area contributed by atoms with E-state index in [1.54, 1.807) is 73.3 Å². The molecule has 4 aromatic heterocycles. The van der Waals surface area contributed by atoms with Gasteiger partial charge in [0.25, 0.3) is 0 Å². The molecule has 2 saturated carbocycles. The van der Waals surface area contributed by atoms with E-state index in [0.29, 0.717) is 77.9 Å². The van der Waals surface area contributed by atoms with Crippen molar-refractivity contribution in [1.82, 2.24) is 35.1 Å². The fourth-order valence-electron chi connectivity index (χ4n) is 10.9. The third-order valence-corrected chi connectivity index (χ3v) is 16.1. The molecule has 2 saturated heterocycles. The van der Waals surface area contributed by atoms with Crippen molar-refractivity contribution in [1.29, 1.82) is 0 Å². The molecule has 2 aromatic carbocycles. The highest BCUT2D eigenvalue weighted by Gasteiger charge is 2.42. The fraction of sp³-hybridized carbons (Fsp3) is 0.383. The summed E-state index contributed by atoms with van der Waals surface area (Å²) in [7, 11) is 0. The molecule has 0 radical (unpaired) electrons. The van der Waals surface area contributed by atoms with Crippen molar-refractivity contribution in [3.8, 4) is 0 Å². The number of amides is 6. The normalized spacial score (nSPS) is 20.0. The average Bonchev–Trinajstić information content (AvgIpc) is 4.52. The van der Waals surface area contributed by atoms with Crippen LogP contribution in [-0.4, -0.2) is 91.6 Å². The lowest BCUT2D eigenvalue weighted by atomic mass is 9.78. The fourth-order valence-corrected chi connectivity index (χ4v) is 11.1. The highest BCUT2D eigenvalue weighted by atomic mass is 35.5. The highest BCUT2D eigenvalue weighted by molar-refractivity contribution is 6.30. The molecule has 424 valence electrons. The summed E-state index contributed by atoms with van der Waals surface area (Å²) in [6.07, 6.45) is 19.3. The molecule has 6 aromatic rings. The van der Waals surface area contributed by atoms with Gasteiger partial charge >= 0.3 is 12.1 Å². The van der Waals surface area contributed by atoms with Gasteiger partial charge in [0.05, 0.1) is 39.0 Å². The molecule has 2 aliphatic carbocycles. The van der Waals surface area contributed by atoms with Crippen molar-refractivity contribution < 1.29 is 32.8 Å². The number of nitrogens with zero attached hydrogens (tertiary/aromatic N) is 6. The summed E-state index contributed by atoms with van der Waals surface area (Å²) in [6.45, 7) is 4.76. The van der Waals surface area contributed by atoms with E-state index in [4.69, 9.17) is 28.9 Å². The van der Waals surface area contributed by atoms with Gasteiger partial charge in [-0.05, 0) is 157 Å². The summed E-state index contributed by atoms with van der Waals surface area (Å²) >= 11 is 11.8. The van der Waals surface area contributed by atoms with Gasteiger partial charge in [0, 0.05) is 50.3 Å². The van der Waals surface area contributed by atoms with Gasteiger partial charge in [-0.15, -0.1) is 0 Å². The number of hydrogen-bond donors (Lipinski definition) is 6. The number of rotatable bonds is 19. The van der Waals surface area contributed by atoms with Crippen LogP contribution in [0.5, 0.6) is 0 Å². The van der Waals surface area contributed by atoms with E-state index in [9.17, 15) is 24.0 Å². The highest BCUT2D eigenvalue weighted by Crippen LogP contribution is 2.43. The monoisotopic (exact) mass is 1140 g/mol. The Balaban J connectivity index is 0.000000196. The lowest BCUT2D eigenvalue weighted by molar-refractivity contribution is -0.120. The second-order valence-electron chi connectivity index (χ2n) is 21.8. The van der Waals surface area contributed by atoms with E-state index in [0.717, 1.165) is 35.8 Å². The minimum absolute atomic E-state index is 0.00883. The molecule has 6 amide bonds. The van der Waals surface area contributed by atoms with Crippen LogP contribution in [0.1, 0.15) is 100 Å². The number of nitrogens with two attached hydrogens (primary N) is 1. The number of likely N-dealkylation sites (tertiary alicyclic amines) is 2. The van der Waals surface area contributed by atoms with E-state index in [2.05, 4.69) is 46.5 Å². The molecule has 0 spiro atoms. The number of aldehydes is 1. The second-order valence-corrected chi connectivity index (χ2v) is 22.7. The van der Waals surface area contributed by atoms with E-state index in [1.807, 2.05) is 38.1 Å². The minimum Gasteiger partial charge on any atom is -0.322 e. The maximum absolute atomic E-state index is 15.2. The first-order valence-corrected chi connectivity index (χ1v) is 28.2. The van der Waals surface area contributed by atoms with Gasteiger partial charge in [-0.25, -0.2) is 28.3 Å². The number of hydrogen-bond acceptors (Lipinski definition) is 11. The number of pyridine rings is 4. The van der Waals surface area contributed by atoms with E-state index >= 15 is 8.78 Å². The Morgan fingerprint density at radius 2 is 1.07 bits per heavy atom. The zero-order valence-corrected chi connectivity index (χ0v) is 46.6. The summed E-state index contributed by atoms with van der Waals surface area (Å²) in [4.78, 5) is 83.9. The van der Waals surface area contributed by atoms with Gasteiger partial charge in [-0.1, -0.05) is 74.9 Å². The molecule has 4 aliphatic rings. The Kier molecular flexibility index (Phi) is 18.7. The van der Waals surface area contributed by atoms with Crippen LogP contribution >= 0.6 is 23.2 Å². The van der Waals surface area contributed by atoms with Gasteiger partial charge in [-0.2, -0.15) is 0 Å². The number of nitrogens with one attached hydrogen (secondary N) is 5. The maximum atomic E-state index is 15.2. The topological polar surface area (TPSA) is 230 Å². The van der Waals surface area contributed by atoms with Crippen LogP contribution in [0.4, 0.5) is 41.4 Å². The SMILES string of the molecule is C[C@@H]1C[C@H](C(=O)Nc2cc(C(CCC3CC3)(NCC=O)c3ccncc3)ccc2F)N(C(=O)Nc2ccc(Cl)cn2)C1.C[C@@H]1C[C@H](C(=O)Nc2cc(C(N)(CCC3CC3)c3ccncc3)ccc2F)N(C(=O)Nc2ccc(Cl)cn2)C1. The first-order chi connectivity index (χ1) is 39.0. The van der Waals surface area contributed by atoms with Crippen LogP contribution in [-0.2, 0) is 25.5 Å². The molecular formula is C60H66Cl2F2N12O5. The van der Waals surface area contributed by atoms with Crippen LogP contribution in [0.25, 0.3) is 0 Å². The molecule has 6 atom stereocenters. The zero-order chi connectivity index (χ0) is 57.3. The zero-order valence-electron chi connectivity index (χ0n) is 45.1. The number of anilines is 4. The summed E-state index contributed by atoms with van der Waals surface area (Å²) < 4.78 is 30.2. The van der Waals surface area contributed by atoms with Crippen molar-refractivity contribution in [3.05, 3.63) is 166 Å². The predicted octanol–water partition coefficient (Wildman–Crippen LogP) is 10.9. The molecule has 6 heterocycles. The van der Waals surface area contributed by atoms with Crippen molar-refractivity contribution in [2.75, 3.05) is 40.9 Å². The van der Waals surface area contributed by atoms with Crippen molar-refractivity contribution in [3.63, 3.8) is 0 Å². The van der Waals surface area contributed by atoms with Gasteiger partial charge in [0.15, 0.2) is 0 Å². The number of aromatic nitrogens is 4. The first kappa shape index (κ1) is 58.2. The summed E-state index contributed by atoms with van der Waals surface area (Å²) in [5.41, 5.74) is 8.60. The molecule has 2 aliphatic heterocycles. The predicted molar refractivity (Wildman–Crippen MR) is 307 cm³/mol. The number of urea groups is 2. The first-order valence-electron chi connectivity index (χ1n) is 27.4. The number of carbonyl (C=O) groups is 5. The number of carbonyl (C=O) groups excluding carboxylic acids is 5. The molecule has 81 heavy (non-hydrogen) atoms. The lowest BCUT2D eigenvalue weighted by Crippen LogP contribution is -2.46. The molecule has 4 fully saturated rings. The Morgan fingerprint density at radius 3 is 1.53 bits per heavy atom. The minimum atomic E-state index is -0.863. The van der Waals surface area contributed by atoms with Crippen LogP contribution in [0.3, 0.4) is 0 Å². The van der Waals surface area contributed by atoms with Crippen molar-refractivity contribution >= 4 is 76.4 Å². The molecule has 10 rings (SSSR count). The van der Waals surface area contributed by atoms with Crippen LogP contribution in [0.2, 0.25) is 10.0 Å². The van der Waals surface area contributed by atoms with Gasteiger partial charge in [-0.3, -0.25) is 35.5 Å². The maximum Gasteiger partial charge on any atom is 0.323 e. The van der Waals surface area contributed by atoms with Crippen LogP contribution in [0.15, 0.2) is 122 Å². The second kappa shape index (κ2) is 26.0. The summed E-state index contributed by atoms with van der Waals surface area (Å²) in [5.74, 6) is -0.0393. The van der Waals surface area contributed by atoms with Gasteiger partial charge in [0.2, 0.25) is 11.8 Å². The third kappa shape index (κ3) is 14.5. The average molecular weight is 1140 g/mol. The van der Waals surface area contributed by atoms with Crippen molar-refractivity contribution in [2.24, 2.45) is 29.4 Å². The molecule has 2 unspecified atom stereocenters. The van der Waals surface area contributed by atoms with Crippen LogP contribution in [0, 0.1) is 35.3 Å². The third-order valence-electron chi connectivity index (χ3n) is 15.7. The molecule has 21 heteroatoms. The van der Waals surface area contributed by atoms with Crippen molar-refractivity contribution in [2.45, 2.75) is 101 Å². The quantitative estimate of drug-likeness (QED) is 0.0418. The summed E-state index contributed by atoms with van der Waals surface area (Å²) in [6, 6.07) is 20.7.